The Labute approximate surface area is 70.0 Å². The number of carbonyl (C=O) groups is 1. The van der Waals surface area contributed by atoms with Crippen LogP contribution in [0.2, 0.25) is 0 Å². The van der Waals surface area contributed by atoms with Crippen molar-refractivity contribution < 1.29 is 9.53 Å². The number of ether oxygens (including phenoxy) is 1. The van der Waals surface area contributed by atoms with Crippen LogP contribution < -0.4 is 0 Å². The SMILES string of the molecule is C=C(C#N)COC(=O)C(=C)C#N. The monoisotopic (exact) mass is 162 g/mol. The van der Waals surface area contributed by atoms with Gasteiger partial charge in [-0.2, -0.15) is 10.5 Å². The molecule has 0 aromatic carbocycles. The summed E-state index contributed by atoms with van der Waals surface area (Å²) in [4.78, 5) is 10.7. The Bertz CT molecular complexity index is 304. The van der Waals surface area contributed by atoms with E-state index in [4.69, 9.17) is 10.5 Å². The second-order valence-corrected chi connectivity index (χ2v) is 1.88. The maximum atomic E-state index is 10.7. The fourth-order valence-corrected chi connectivity index (χ4v) is 0.318. The highest BCUT2D eigenvalue weighted by Gasteiger charge is 2.07. The van der Waals surface area contributed by atoms with Gasteiger partial charge in [-0.15, -0.1) is 0 Å². The van der Waals surface area contributed by atoms with E-state index >= 15 is 0 Å². The summed E-state index contributed by atoms with van der Waals surface area (Å²) in [6.07, 6.45) is 0. The molecule has 4 nitrogen and oxygen atoms in total. The molecule has 0 amide bonds. The van der Waals surface area contributed by atoms with Gasteiger partial charge in [-0.25, -0.2) is 4.79 Å². The molecule has 0 fully saturated rings. The van der Waals surface area contributed by atoms with Crippen molar-refractivity contribution in [3.8, 4) is 12.1 Å². The molecule has 0 saturated heterocycles. The molecule has 12 heavy (non-hydrogen) atoms. The van der Waals surface area contributed by atoms with E-state index in [9.17, 15) is 4.79 Å². The molecule has 0 bridgehead atoms. The molecule has 0 aromatic rings. The van der Waals surface area contributed by atoms with Crippen LogP contribution in [0, 0.1) is 22.7 Å². The number of hydrogen-bond donors (Lipinski definition) is 0. The summed E-state index contributed by atoms with van der Waals surface area (Å²) >= 11 is 0. The number of esters is 1. The average molecular weight is 162 g/mol. The topological polar surface area (TPSA) is 73.9 Å². The van der Waals surface area contributed by atoms with Crippen molar-refractivity contribution in [2.45, 2.75) is 0 Å². The first-order valence-electron chi connectivity index (χ1n) is 2.95. The quantitative estimate of drug-likeness (QED) is 0.347. The molecule has 4 heteroatoms. The summed E-state index contributed by atoms with van der Waals surface area (Å²) in [5, 5.41) is 16.4. The predicted molar refractivity (Wildman–Crippen MR) is 40.5 cm³/mol. The van der Waals surface area contributed by atoms with Gasteiger partial charge < -0.3 is 4.74 Å². The van der Waals surface area contributed by atoms with Gasteiger partial charge in [0, 0.05) is 0 Å². The first-order valence-corrected chi connectivity index (χ1v) is 2.95. The van der Waals surface area contributed by atoms with Gasteiger partial charge >= 0.3 is 5.97 Å². The van der Waals surface area contributed by atoms with E-state index in [1.54, 1.807) is 6.07 Å². The molecule has 0 radical (unpaired) electrons. The number of nitrogens with zero attached hydrogens (tertiary/aromatic N) is 2. The maximum Gasteiger partial charge on any atom is 0.348 e. The third-order valence-electron chi connectivity index (χ3n) is 0.917. The fourth-order valence-electron chi connectivity index (χ4n) is 0.318. The van der Waals surface area contributed by atoms with Crippen molar-refractivity contribution in [3.63, 3.8) is 0 Å². The summed E-state index contributed by atoms with van der Waals surface area (Å²) < 4.78 is 4.46. The fraction of sp³-hybridized carbons (Fsp3) is 0.125. The molecule has 0 atom stereocenters. The normalized spacial score (nSPS) is 7.50. The lowest BCUT2D eigenvalue weighted by Crippen LogP contribution is -2.07. The Hall–Kier alpha value is -2.07. The number of nitriles is 2. The van der Waals surface area contributed by atoms with E-state index in [1.807, 2.05) is 0 Å². The smallest absolute Gasteiger partial charge is 0.348 e. The Morgan fingerprint density at radius 3 is 2.33 bits per heavy atom. The van der Waals surface area contributed by atoms with E-state index in [0.717, 1.165) is 0 Å². The molecular formula is C8H6N2O2. The third kappa shape index (κ3) is 3.19. The van der Waals surface area contributed by atoms with Crippen molar-refractivity contribution in [1.29, 1.82) is 10.5 Å². The van der Waals surface area contributed by atoms with Gasteiger partial charge in [-0.1, -0.05) is 13.2 Å². The molecule has 0 aromatic heterocycles. The first-order chi connectivity index (χ1) is 5.61. The van der Waals surface area contributed by atoms with Crippen molar-refractivity contribution in [2.24, 2.45) is 0 Å². The van der Waals surface area contributed by atoms with Crippen LogP contribution in [0.4, 0.5) is 0 Å². The number of carbonyl (C=O) groups excluding carboxylic acids is 1. The lowest BCUT2D eigenvalue weighted by Gasteiger charge is -1.99. The second kappa shape index (κ2) is 4.70. The van der Waals surface area contributed by atoms with Crippen LogP contribution in [0.15, 0.2) is 24.3 Å². The van der Waals surface area contributed by atoms with Gasteiger partial charge in [0.1, 0.15) is 18.2 Å². The highest BCUT2D eigenvalue weighted by molar-refractivity contribution is 5.91. The van der Waals surface area contributed by atoms with Gasteiger partial charge in [0.05, 0.1) is 11.6 Å². The van der Waals surface area contributed by atoms with Crippen LogP contribution >= 0.6 is 0 Å². The van der Waals surface area contributed by atoms with Crippen LogP contribution in [0.25, 0.3) is 0 Å². The zero-order chi connectivity index (χ0) is 9.56. The van der Waals surface area contributed by atoms with E-state index in [1.165, 1.54) is 6.07 Å². The highest BCUT2D eigenvalue weighted by Crippen LogP contribution is 1.95. The summed E-state index contributed by atoms with van der Waals surface area (Å²) in [6.45, 7) is 6.21. The summed E-state index contributed by atoms with van der Waals surface area (Å²) in [5.41, 5.74) is -0.171. The minimum absolute atomic E-state index is 0.120. The van der Waals surface area contributed by atoms with Crippen molar-refractivity contribution in [1.82, 2.24) is 0 Å². The highest BCUT2D eigenvalue weighted by atomic mass is 16.5. The van der Waals surface area contributed by atoms with Gasteiger partial charge in [0.25, 0.3) is 0 Å². The Balaban J connectivity index is 3.92. The Morgan fingerprint density at radius 2 is 1.92 bits per heavy atom. The third-order valence-corrected chi connectivity index (χ3v) is 0.917. The van der Waals surface area contributed by atoms with Crippen molar-refractivity contribution in [2.75, 3.05) is 6.61 Å². The minimum atomic E-state index is -0.825. The van der Waals surface area contributed by atoms with Crippen LogP contribution in [0.3, 0.4) is 0 Å². The zero-order valence-electron chi connectivity index (χ0n) is 6.33. The minimum Gasteiger partial charge on any atom is -0.456 e. The van der Waals surface area contributed by atoms with E-state index in [2.05, 4.69) is 17.9 Å². The Morgan fingerprint density at radius 1 is 1.33 bits per heavy atom. The van der Waals surface area contributed by atoms with Crippen LogP contribution in [-0.2, 0) is 9.53 Å². The van der Waals surface area contributed by atoms with Crippen molar-refractivity contribution >= 4 is 5.97 Å². The number of rotatable bonds is 3. The van der Waals surface area contributed by atoms with Crippen LogP contribution in [0.5, 0.6) is 0 Å². The summed E-state index contributed by atoms with van der Waals surface area (Å²) in [7, 11) is 0. The molecule has 0 spiro atoms. The van der Waals surface area contributed by atoms with Gasteiger partial charge in [0.2, 0.25) is 0 Å². The molecule has 0 N–H and O–H groups in total. The van der Waals surface area contributed by atoms with Crippen LogP contribution in [0.1, 0.15) is 0 Å². The maximum absolute atomic E-state index is 10.7. The summed E-state index contributed by atoms with van der Waals surface area (Å²) in [5.74, 6) is -0.825. The molecule has 0 aliphatic rings. The summed E-state index contributed by atoms with van der Waals surface area (Å²) in [6, 6.07) is 3.22. The number of hydrogen-bond acceptors (Lipinski definition) is 4. The lowest BCUT2D eigenvalue weighted by molar-refractivity contribution is -0.137. The van der Waals surface area contributed by atoms with E-state index in [0.29, 0.717) is 0 Å². The first kappa shape index (κ1) is 9.93. The molecule has 0 saturated carbocycles. The molecule has 60 valence electrons. The molecule has 0 rings (SSSR count). The zero-order valence-corrected chi connectivity index (χ0v) is 6.33. The molecular weight excluding hydrogens is 156 g/mol. The predicted octanol–water partition coefficient (Wildman–Crippen LogP) is 0.689. The van der Waals surface area contributed by atoms with E-state index < -0.39 is 5.97 Å². The van der Waals surface area contributed by atoms with Crippen LogP contribution in [-0.4, -0.2) is 12.6 Å². The standard InChI is InChI=1S/C8H6N2O2/c1-6(3-9)5-12-8(11)7(2)4-10/h1-2,5H2. The largest absolute Gasteiger partial charge is 0.456 e. The molecule has 0 aliphatic carbocycles. The molecule has 0 unspecified atom stereocenters. The van der Waals surface area contributed by atoms with E-state index in [-0.39, 0.29) is 17.8 Å². The average Bonchev–Trinajstić information content (AvgIpc) is 2.11. The Kier molecular flexibility index (Phi) is 3.89. The van der Waals surface area contributed by atoms with Gasteiger partial charge in [-0.3, -0.25) is 0 Å². The molecule has 0 heterocycles. The molecule has 0 aliphatic heterocycles. The van der Waals surface area contributed by atoms with Gasteiger partial charge in [0.15, 0.2) is 0 Å². The van der Waals surface area contributed by atoms with Gasteiger partial charge in [-0.05, 0) is 0 Å². The lowest BCUT2D eigenvalue weighted by atomic mass is 10.3. The van der Waals surface area contributed by atoms with Crippen molar-refractivity contribution in [3.05, 3.63) is 24.3 Å². The second-order valence-electron chi connectivity index (χ2n) is 1.88.